The van der Waals surface area contributed by atoms with Crippen LogP contribution in [0, 0.1) is 0 Å². The molecule has 3 aromatic rings. The number of aromatic nitrogens is 2. The summed E-state index contributed by atoms with van der Waals surface area (Å²) in [5.41, 5.74) is 0.790. The number of pyridine rings is 2. The zero-order valence-corrected chi connectivity index (χ0v) is 10.5. The number of benzene rings is 1. The summed E-state index contributed by atoms with van der Waals surface area (Å²) in [6.07, 6.45) is 1.42. The van der Waals surface area contributed by atoms with E-state index in [0.717, 1.165) is 0 Å². The van der Waals surface area contributed by atoms with E-state index in [4.69, 9.17) is 11.6 Å². The molecule has 2 aromatic heterocycles. The number of fused-ring (bicyclic) bond motifs is 1. The molecule has 2 heterocycles. The first-order valence-electron chi connectivity index (χ1n) is 5.63. The van der Waals surface area contributed by atoms with Crippen LogP contribution in [0.25, 0.3) is 22.2 Å². The zero-order valence-electron chi connectivity index (χ0n) is 9.72. The molecule has 0 saturated carbocycles. The molecule has 19 heavy (non-hydrogen) atoms. The lowest BCUT2D eigenvalue weighted by Crippen LogP contribution is -2.10. The highest BCUT2D eigenvalue weighted by Gasteiger charge is 2.14. The lowest BCUT2D eigenvalue weighted by Gasteiger charge is -2.07. The van der Waals surface area contributed by atoms with Crippen molar-refractivity contribution in [3.05, 3.63) is 58.0 Å². The molecule has 1 aromatic carbocycles. The molecular weight excluding hydrogens is 264 g/mol. The third-order valence-corrected chi connectivity index (χ3v) is 3.07. The second-order valence-corrected chi connectivity index (χ2v) is 4.53. The molecule has 3 rings (SSSR count). The van der Waals surface area contributed by atoms with E-state index < -0.39 is 0 Å². The van der Waals surface area contributed by atoms with Crippen molar-refractivity contribution in [2.45, 2.75) is 0 Å². The minimum absolute atomic E-state index is 0.111. The maximum Gasteiger partial charge on any atom is 0.261 e. The standard InChI is InChI=1S/C14H9ClN2O2/c15-9-6-10-12(18)11(8-4-2-1-3-5-8)14(19)17-13(10)16-7-9/h1-7H,(H2,16,17,18,19). The molecule has 0 aliphatic carbocycles. The van der Waals surface area contributed by atoms with E-state index in [9.17, 15) is 9.90 Å². The minimum atomic E-state index is -0.383. The molecule has 0 atom stereocenters. The van der Waals surface area contributed by atoms with Crippen molar-refractivity contribution in [2.75, 3.05) is 0 Å². The number of halogens is 1. The van der Waals surface area contributed by atoms with Crippen molar-refractivity contribution >= 4 is 22.6 Å². The monoisotopic (exact) mass is 272 g/mol. The van der Waals surface area contributed by atoms with Crippen molar-refractivity contribution < 1.29 is 5.11 Å². The Morgan fingerprint density at radius 2 is 1.95 bits per heavy atom. The van der Waals surface area contributed by atoms with Crippen LogP contribution in [0.4, 0.5) is 0 Å². The lowest BCUT2D eigenvalue weighted by molar-refractivity contribution is 0.482. The Morgan fingerprint density at radius 1 is 1.21 bits per heavy atom. The predicted molar refractivity (Wildman–Crippen MR) is 74.5 cm³/mol. The minimum Gasteiger partial charge on any atom is -0.506 e. The van der Waals surface area contributed by atoms with Crippen molar-refractivity contribution in [3.63, 3.8) is 0 Å². The highest BCUT2D eigenvalue weighted by atomic mass is 35.5. The molecule has 4 nitrogen and oxygen atoms in total. The molecule has 5 heteroatoms. The number of nitrogens with one attached hydrogen (secondary N) is 1. The van der Waals surface area contributed by atoms with E-state index in [0.29, 0.717) is 21.6 Å². The van der Waals surface area contributed by atoms with Gasteiger partial charge in [-0.3, -0.25) is 4.79 Å². The van der Waals surface area contributed by atoms with E-state index in [1.165, 1.54) is 6.20 Å². The van der Waals surface area contributed by atoms with E-state index >= 15 is 0 Å². The van der Waals surface area contributed by atoms with Gasteiger partial charge in [-0.1, -0.05) is 41.9 Å². The van der Waals surface area contributed by atoms with Crippen LogP contribution in [0.5, 0.6) is 5.75 Å². The molecule has 0 aliphatic heterocycles. The van der Waals surface area contributed by atoms with Gasteiger partial charge in [0.2, 0.25) is 0 Å². The summed E-state index contributed by atoms with van der Waals surface area (Å²) in [6.45, 7) is 0. The summed E-state index contributed by atoms with van der Waals surface area (Å²) in [4.78, 5) is 18.7. The molecule has 0 radical (unpaired) electrons. The first-order valence-corrected chi connectivity index (χ1v) is 6.00. The van der Waals surface area contributed by atoms with E-state index in [1.54, 1.807) is 30.3 Å². The summed E-state index contributed by atoms with van der Waals surface area (Å²) in [5.74, 6) is -0.111. The topological polar surface area (TPSA) is 66.0 Å². The molecule has 2 N–H and O–H groups in total. The van der Waals surface area contributed by atoms with Crippen molar-refractivity contribution in [1.82, 2.24) is 9.97 Å². The Hall–Kier alpha value is -2.33. The smallest absolute Gasteiger partial charge is 0.261 e. The van der Waals surface area contributed by atoms with Gasteiger partial charge in [0.1, 0.15) is 11.4 Å². The van der Waals surface area contributed by atoms with Gasteiger partial charge < -0.3 is 10.1 Å². The quantitative estimate of drug-likeness (QED) is 0.716. The van der Waals surface area contributed by atoms with Crippen LogP contribution in [0.3, 0.4) is 0 Å². The molecule has 0 fully saturated rings. The highest BCUT2D eigenvalue weighted by Crippen LogP contribution is 2.32. The van der Waals surface area contributed by atoms with Gasteiger partial charge in [-0.05, 0) is 11.6 Å². The SMILES string of the molecule is O=c1[nH]c2ncc(Cl)cc2c(O)c1-c1ccccc1. The predicted octanol–water partition coefficient (Wildman–Crippen LogP) is 2.95. The average Bonchev–Trinajstić information content (AvgIpc) is 2.41. The number of hydrogen-bond donors (Lipinski definition) is 2. The number of rotatable bonds is 1. The Labute approximate surface area is 113 Å². The Bertz CT molecular complexity index is 813. The van der Waals surface area contributed by atoms with Crippen molar-refractivity contribution in [3.8, 4) is 16.9 Å². The van der Waals surface area contributed by atoms with Crippen molar-refractivity contribution in [1.29, 1.82) is 0 Å². The second kappa shape index (κ2) is 4.40. The van der Waals surface area contributed by atoms with Gasteiger partial charge in [0.25, 0.3) is 5.56 Å². The fourth-order valence-corrected chi connectivity index (χ4v) is 2.16. The fraction of sp³-hybridized carbons (Fsp3) is 0. The van der Waals surface area contributed by atoms with E-state index in [1.807, 2.05) is 6.07 Å². The molecule has 0 unspecified atom stereocenters. The van der Waals surface area contributed by atoms with Gasteiger partial charge in [-0.2, -0.15) is 0 Å². The highest BCUT2D eigenvalue weighted by molar-refractivity contribution is 6.31. The van der Waals surface area contributed by atoms with Crippen LogP contribution in [-0.2, 0) is 0 Å². The van der Waals surface area contributed by atoms with Crippen LogP contribution < -0.4 is 5.56 Å². The number of nitrogens with zero attached hydrogens (tertiary/aromatic N) is 1. The van der Waals surface area contributed by atoms with Crippen LogP contribution in [0.1, 0.15) is 0 Å². The first kappa shape index (κ1) is 11.7. The van der Waals surface area contributed by atoms with Crippen LogP contribution in [-0.4, -0.2) is 15.1 Å². The summed E-state index contributed by atoms with van der Waals surface area (Å²) >= 11 is 5.86. The molecule has 0 spiro atoms. The molecule has 94 valence electrons. The van der Waals surface area contributed by atoms with E-state index in [-0.39, 0.29) is 16.9 Å². The maximum absolute atomic E-state index is 12.1. The molecule has 0 bridgehead atoms. The summed E-state index contributed by atoms with van der Waals surface area (Å²) < 4.78 is 0. The summed E-state index contributed by atoms with van der Waals surface area (Å²) in [7, 11) is 0. The first-order chi connectivity index (χ1) is 9.16. The number of H-pyrrole nitrogens is 1. The van der Waals surface area contributed by atoms with Gasteiger partial charge in [0.15, 0.2) is 0 Å². The molecule has 0 amide bonds. The van der Waals surface area contributed by atoms with Crippen LogP contribution in [0.15, 0.2) is 47.4 Å². The Kier molecular flexibility index (Phi) is 2.72. The van der Waals surface area contributed by atoms with Gasteiger partial charge in [-0.15, -0.1) is 0 Å². The Balaban J connectivity index is 2.40. The average molecular weight is 273 g/mol. The maximum atomic E-state index is 12.1. The van der Waals surface area contributed by atoms with Gasteiger partial charge in [0, 0.05) is 6.20 Å². The number of aromatic hydroxyl groups is 1. The Morgan fingerprint density at radius 3 is 2.68 bits per heavy atom. The summed E-state index contributed by atoms with van der Waals surface area (Å²) in [6, 6.07) is 10.5. The van der Waals surface area contributed by atoms with Crippen LogP contribution in [0.2, 0.25) is 5.02 Å². The third kappa shape index (κ3) is 1.96. The lowest BCUT2D eigenvalue weighted by atomic mass is 10.0. The van der Waals surface area contributed by atoms with Gasteiger partial charge in [-0.25, -0.2) is 4.98 Å². The van der Waals surface area contributed by atoms with Crippen molar-refractivity contribution in [2.24, 2.45) is 0 Å². The summed E-state index contributed by atoms with van der Waals surface area (Å²) in [5, 5.41) is 11.1. The molecule has 0 saturated heterocycles. The number of aromatic amines is 1. The third-order valence-electron chi connectivity index (χ3n) is 2.87. The van der Waals surface area contributed by atoms with Gasteiger partial charge >= 0.3 is 0 Å². The fourth-order valence-electron chi connectivity index (χ4n) is 2.00. The van der Waals surface area contributed by atoms with Crippen LogP contribution >= 0.6 is 11.6 Å². The molecular formula is C14H9ClN2O2. The normalized spacial score (nSPS) is 10.8. The number of hydrogen-bond acceptors (Lipinski definition) is 3. The van der Waals surface area contributed by atoms with E-state index in [2.05, 4.69) is 9.97 Å². The van der Waals surface area contributed by atoms with Gasteiger partial charge in [0.05, 0.1) is 16.0 Å². The largest absolute Gasteiger partial charge is 0.506 e. The molecule has 0 aliphatic rings. The zero-order chi connectivity index (χ0) is 13.4. The second-order valence-electron chi connectivity index (χ2n) is 4.09.